The standard InChI is InChI=1S/C14H10F6N4O/c1-7-22-23-13(12(16)17)24(7)6-11(21-2)9-4-3-8(5-10(9)15)25-14(18,19)20/h3-6,12H,2H2,1H3/b11-6-. The highest BCUT2D eigenvalue weighted by atomic mass is 19.4. The van der Waals surface area contributed by atoms with Crippen molar-refractivity contribution in [2.75, 3.05) is 0 Å². The number of aliphatic imine (C=N–C) groups is 1. The molecule has 1 heterocycles. The van der Waals surface area contributed by atoms with Crippen molar-refractivity contribution in [2.45, 2.75) is 19.7 Å². The first-order valence-corrected chi connectivity index (χ1v) is 6.56. The Labute approximate surface area is 137 Å². The van der Waals surface area contributed by atoms with E-state index in [2.05, 4.69) is 26.6 Å². The summed E-state index contributed by atoms with van der Waals surface area (Å²) in [4.78, 5) is 3.53. The molecule has 0 aliphatic carbocycles. The van der Waals surface area contributed by atoms with Crippen molar-refractivity contribution in [2.24, 2.45) is 4.99 Å². The highest BCUT2D eigenvalue weighted by Gasteiger charge is 2.31. The second-order valence-electron chi connectivity index (χ2n) is 4.64. The van der Waals surface area contributed by atoms with Crippen LogP contribution in [0, 0.1) is 12.7 Å². The third kappa shape index (κ3) is 4.37. The van der Waals surface area contributed by atoms with Crippen LogP contribution < -0.4 is 4.74 Å². The van der Waals surface area contributed by atoms with Gasteiger partial charge in [0.2, 0.25) is 5.82 Å². The van der Waals surface area contributed by atoms with Gasteiger partial charge in [0.15, 0.2) is 0 Å². The first kappa shape index (κ1) is 18.5. The average molecular weight is 364 g/mol. The number of hydrogen-bond acceptors (Lipinski definition) is 4. The Balaban J connectivity index is 2.45. The second kappa shape index (κ2) is 6.95. The van der Waals surface area contributed by atoms with Crippen LogP contribution in [-0.4, -0.2) is 27.8 Å². The summed E-state index contributed by atoms with van der Waals surface area (Å²) in [5.41, 5.74) is -0.473. The van der Waals surface area contributed by atoms with Crippen LogP contribution in [0.1, 0.15) is 23.6 Å². The second-order valence-corrected chi connectivity index (χ2v) is 4.64. The lowest BCUT2D eigenvalue weighted by atomic mass is 10.1. The first-order chi connectivity index (χ1) is 11.6. The molecule has 0 aliphatic rings. The number of rotatable bonds is 5. The van der Waals surface area contributed by atoms with E-state index in [1.165, 1.54) is 6.92 Å². The fourth-order valence-electron chi connectivity index (χ4n) is 1.91. The average Bonchev–Trinajstić information content (AvgIpc) is 2.85. The molecule has 1 aromatic carbocycles. The predicted octanol–water partition coefficient (Wildman–Crippen LogP) is 4.22. The number of aromatic nitrogens is 3. The van der Waals surface area contributed by atoms with Gasteiger partial charge in [-0.1, -0.05) is 0 Å². The summed E-state index contributed by atoms with van der Waals surface area (Å²) in [6, 6.07) is 2.31. The number of halogens is 6. The van der Waals surface area contributed by atoms with Gasteiger partial charge in [-0.3, -0.25) is 9.56 Å². The van der Waals surface area contributed by atoms with Crippen molar-refractivity contribution >= 4 is 18.6 Å². The molecule has 2 aromatic rings. The van der Waals surface area contributed by atoms with E-state index in [1.807, 2.05) is 0 Å². The normalized spacial score (nSPS) is 12.6. The van der Waals surface area contributed by atoms with Crippen LogP contribution in [0.3, 0.4) is 0 Å². The zero-order valence-electron chi connectivity index (χ0n) is 12.6. The number of alkyl halides is 5. The highest BCUT2D eigenvalue weighted by Crippen LogP contribution is 2.28. The van der Waals surface area contributed by atoms with Gasteiger partial charge in [0, 0.05) is 17.8 Å². The Morgan fingerprint density at radius 3 is 2.52 bits per heavy atom. The zero-order valence-corrected chi connectivity index (χ0v) is 12.6. The lowest BCUT2D eigenvalue weighted by Crippen LogP contribution is -2.17. The van der Waals surface area contributed by atoms with E-state index in [1.54, 1.807) is 0 Å². The van der Waals surface area contributed by atoms with Crippen molar-refractivity contribution in [1.82, 2.24) is 14.8 Å². The molecular formula is C14H10F6N4O. The number of ether oxygens (including phenoxy) is 1. The molecule has 1 aromatic heterocycles. The highest BCUT2D eigenvalue weighted by molar-refractivity contribution is 5.77. The summed E-state index contributed by atoms with van der Waals surface area (Å²) in [6.07, 6.45) is -6.92. The lowest BCUT2D eigenvalue weighted by Gasteiger charge is -2.11. The molecule has 0 aliphatic heterocycles. The SMILES string of the molecule is C=N/C(=C\n1c(C)nnc1C(F)F)c1ccc(OC(F)(F)F)cc1F. The monoisotopic (exact) mass is 364 g/mol. The van der Waals surface area contributed by atoms with Crippen molar-refractivity contribution in [3.8, 4) is 5.75 Å². The molecule has 0 unspecified atom stereocenters. The molecule has 2 rings (SSSR count). The molecule has 0 saturated carbocycles. The number of hydrogen-bond donors (Lipinski definition) is 0. The minimum Gasteiger partial charge on any atom is -0.406 e. The molecule has 0 bridgehead atoms. The molecule has 0 radical (unpaired) electrons. The molecule has 0 spiro atoms. The largest absolute Gasteiger partial charge is 0.573 e. The van der Waals surface area contributed by atoms with Gasteiger partial charge in [-0.15, -0.1) is 23.4 Å². The van der Waals surface area contributed by atoms with Crippen molar-refractivity contribution in [1.29, 1.82) is 0 Å². The molecule has 134 valence electrons. The van der Waals surface area contributed by atoms with Gasteiger partial charge in [0.05, 0.1) is 5.70 Å². The number of benzene rings is 1. The molecule has 0 atom stereocenters. The summed E-state index contributed by atoms with van der Waals surface area (Å²) >= 11 is 0. The Morgan fingerprint density at radius 2 is 2.00 bits per heavy atom. The van der Waals surface area contributed by atoms with E-state index in [0.717, 1.165) is 22.9 Å². The number of aryl methyl sites for hydroxylation is 1. The van der Waals surface area contributed by atoms with Gasteiger partial charge in [-0.05, 0) is 25.8 Å². The minimum absolute atomic E-state index is 0.0777. The van der Waals surface area contributed by atoms with Gasteiger partial charge in [-0.2, -0.15) is 0 Å². The maximum Gasteiger partial charge on any atom is 0.573 e. The smallest absolute Gasteiger partial charge is 0.406 e. The van der Waals surface area contributed by atoms with Gasteiger partial charge >= 0.3 is 6.36 Å². The van der Waals surface area contributed by atoms with Crippen LogP contribution in [0.2, 0.25) is 0 Å². The van der Waals surface area contributed by atoms with Crippen LogP contribution in [0.5, 0.6) is 5.75 Å². The summed E-state index contributed by atoms with van der Waals surface area (Å²) < 4.78 is 80.8. The molecular weight excluding hydrogens is 354 g/mol. The Hall–Kier alpha value is -2.85. The molecule has 11 heteroatoms. The van der Waals surface area contributed by atoms with Crippen LogP contribution in [0.4, 0.5) is 26.3 Å². The van der Waals surface area contributed by atoms with E-state index in [0.29, 0.717) is 6.07 Å². The molecule has 0 amide bonds. The predicted molar refractivity (Wildman–Crippen MR) is 76.5 cm³/mol. The maximum absolute atomic E-state index is 14.1. The molecule has 5 nitrogen and oxygen atoms in total. The van der Waals surface area contributed by atoms with E-state index in [-0.39, 0.29) is 17.1 Å². The van der Waals surface area contributed by atoms with Gasteiger partial charge in [0.1, 0.15) is 17.4 Å². The third-order valence-corrected chi connectivity index (χ3v) is 2.96. The fraction of sp³-hybridized carbons (Fsp3) is 0.214. The molecule has 0 saturated heterocycles. The summed E-state index contributed by atoms with van der Waals surface area (Å²) in [5.74, 6) is -2.50. The van der Waals surface area contributed by atoms with Crippen LogP contribution >= 0.6 is 0 Å². The summed E-state index contributed by atoms with van der Waals surface area (Å²) in [7, 11) is 0. The van der Waals surface area contributed by atoms with Gasteiger partial charge in [0.25, 0.3) is 6.43 Å². The minimum atomic E-state index is -4.98. The summed E-state index contributed by atoms with van der Waals surface area (Å²) in [6.45, 7) is 4.59. The van der Waals surface area contributed by atoms with E-state index in [4.69, 9.17) is 0 Å². The molecule has 25 heavy (non-hydrogen) atoms. The third-order valence-electron chi connectivity index (χ3n) is 2.96. The number of nitrogens with zero attached hydrogens (tertiary/aromatic N) is 4. The Bertz CT molecular complexity index is 812. The summed E-state index contributed by atoms with van der Waals surface area (Å²) in [5, 5.41) is 6.77. The van der Waals surface area contributed by atoms with Gasteiger partial charge < -0.3 is 4.74 Å². The Kier molecular flexibility index (Phi) is 5.14. The van der Waals surface area contributed by atoms with Crippen molar-refractivity contribution in [3.63, 3.8) is 0 Å². The lowest BCUT2D eigenvalue weighted by molar-refractivity contribution is -0.274. The van der Waals surface area contributed by atoms with Crippen LogP contribution in [-0.2, 0) is 0 Å². The molecule has 0 fully saturated rings. The maximum atomic E-state index is 14.1. The van der Waals surface area contributed by atoms with Crippen molar-refractivity contribution in [3.05, 3.63) is 41.2 Å². The Morgan fingerprint density at radius 1 is 1.32 bits per heavy atom. The van der Waals surface area contributed by atoms with Crippen molar-refractivity contribution < 1.29 is 31.1 Å². The first-order valence-electron chi connectivity index (χ1n) is 6.56. The molecule has 0 N–H and O–H groups in total. The quantitative estimate of drug-likeness (QED) is 0.590. The van der Waals surface area contributed by atoms with E-state index >= 15 is 0 Å². The van der Waals surface area contributed by atoms with Crippen LogP contribution in [0.15, 0.2) is 23.2 Å². The zero-order chi connectivity index (χ0) is 18.8. The van der Waals surface area contributed by atoms with E-state index in [9.17, 15) is 26.3 Å². The van der Waals surface area contributed by atoms with Gasteiger partial charge in [-0.25, -0.2) is 13.2 Å². The van der Waals surface area contributed by atoms with E-state index < -0.39 is 30.2 Å². The topological polar surface area (TPSA) is 52.3 Å². The fourth-order valence-corrected chi connectivity index (χ4v) is 1.91. The van der Waals surface area contributed by atoms with Crippen LogP contribution in [0.25, 0.3) is 11.9 Å².